The maximum absolute atomic E-state index is 5.53. The van der Waals surface area contributed by atoms with Crippen LogP contribution in [-0.4, -0.2) is 37.2 Å². The Kier molecular flexibility index (Phi) is 5.49. The Bertz CT molecular complexity index is 147. The second-order valence-corrected chi connectivity index (χ2v) is 4.82. The lowest BCUT2D eigenvalue weighted by Crippen LogP contribution is -2.35. The molecular formula is C12H25NO. The monoisotopic (exact) mass is 199 g/mol. The highest BCUT2D eigenvalue weighted by molar-refractivity contribution is 4.69. The second kappa shape index (κ2) is 6.41. The number of rotatable bonds is 5. The molecule has 0 aromatic rings. The van der Waals surface area contributed by atoms with Gasteiger partial charge in [0.05, 0.1) is 6.10 Å². The van der Waals surface area contributed by atoms with Gasteiger partial charge in [-0.05, 0) is 45.6 Å². The Morgan fingerprint density at radius 2 is 2.21 bits per heavy atom. The molecule has 0 amide bonds. The Labute approximate surface area is 88.6 Å². The van der Waals surface area contributed by atoms with Gasteiger partial charge < -0.3 is 9.64 Å². The molecule has 0 aromatic carbocycles. The van der Waals surface area contributed by atoms with Gasteiger partial charge in [0.2, 0.25) is 0 Å². The Morgan fingerprint density at radius 1 is 1.43 bits per heavy atom. The third-order valence-electron chi connectivity index (χ3n) is 2.81. The van der Waals surface area contributed by atoms with Crippen molar-refractivity contribution in [1.82, 2.24) is 4.90 Å². The molecule has 0 bridgehead atoms. The van der Waals surface area contributed by atoms with E-state index in [2.05, 4.69) is 25.7 Å². The zero-order valence-corrected chi connectivity index (χ0v) is 9.96. The first kappa shape index (κ1) is 12.0. The van der Waals surface area contributed by atoms with Crippen molar-refractivity contribution in [3.8, 4) is 0 Å². The molecule has 1 heterocycles. The summed E-state index contributed by atoms with van der Waals surface area (Å²) in [5.74, 6) is 0.898. The van der Waals surface area contributed by atoms with Crippen LogP contribution in [0, 0.1) is 5.92 Å². The zero-order valence-electron chi connectivity index (χ0n) is 9.96. The van der Waals surface area contributed by atoms with Gasteiger partial charge in [-0.25, -0.2) is 0 Å². The summed E-state index contributed by atoms with van der Waals surface area (Å²) in [5.41, 5.74) is 0. The van der Waals surface area contributed by atoms with Crippen molar-refractivity contribution in [2.24, 2.45) is 5.92 Å². The molecule has 14 heavy (non-hydrogen) atoms. The van der Waals surface area contributed by atoms with E-state index in [0.717, 1.165) is 12.5 Å². The number of nitrogens with zero attached hydrogens (tertiary/aromatic N) is 1. The lowest BCUT2D eigenvalue weighted by molar-refractivity contribution is 0.0668. The minimum Gasteiger partial charge on any atom is -0.379 e. The molecule has 0 radical (unpaired) electrons. The second-order valence-electron chi connectivity index (χ2n) is 4.82. The van der Waals surface area contributed by atoms with Crippen LogP contribution < -0.4 is 0 Å². The predicted octanol–water partition coefficient (Wildman–Crippen LogP) is 2.53. The summed E-state index contributed by atoms with van der Waals surface area (Å²) in [6.45, 7) is 11.3. The van der Waals surface area contributed by atoms with Crippen molar-refractivity contribution in [2.75, 3.05) is 26.2 Å². The summed E-state index contributed by atoms with van der Waals surface area (Å²) in [4.78, 5) is 2.58. The largest absolute Gasteiger partial charge is 0.379 e. The van der Waals surface area contributed by atoms with Gasteiger partial charge in [-0.2, -0.15) is 0 Å². The van der Waals surface area contributed by atoms with Crippen LogP contribution in [0.25, 0.3) is 0 Å². The number of likely N-dealkylation sites (tertiary alicyclic amines) is 1. The van der Waals surface area contributed by atoms with E-state index >= 15 is 0 Å². The topological polar surface area (TPSA) is 12.5 Å². The lowest BCUT2D eigenvalue weighted by Gasteiger charge is -2.30. The van der Waals surface area contributed by atoms with E-state index in [1.807, 2.05) is 0 Å². The normalized spacial score (nSPS) is 24.4. The van der Waals surface area contributed by atoms with Gasteiger partial charge in [0.1, 0.15) is 0 Å². The molecule has 1 rings (SSSR count). The molecule has 0 N–H and O–H groups in total. The average molecular weight is 199 g/mol. The van der Waals surface area contributed by atoms with Crippen LogP contribution in [0.5, 0.6) is 0 Å². The van der Waals surface area contributed by atoms with E-state index in [4.69, 9.17) is 4.74 Å². The van der Waals surface area contributed by atoms with E-state index in [1.54, 1.807) is 0 Å². The highest BCUT2D eigenvalue weighted by atomic mass is 16.5. The van der Waals surface area contributed by atoms with Crippen molar-refractivity contribution >= 4 is 0 Å². The van der Waals surface area contributed by atoms with Crippen molar-refractivity contribution in [1.29, 1.82) is 0 Å². The van der Waals surface area contributed by atoms with Crippen molar-refractivity contribution in [3.63, 3.8) is 0 Å². The highest BCUT2D eigenvalue weighted by Gasteiger charge is 2.15. The quantitative estimate of drug-likeness (QED) is 0.631. The summed E-state index contributed by atoms with van der Waals surface area (Å²) in [6.07, 6.45) is 4.37. The number of piperidine rings is 1. The fraction of sp³-hybridized carbons (Fsp3) is 1.00. The minimum absolute atomic E-state index is 0.385. The molecule has 0 saturated carbocycles. The zero-order chi connectivity index (χ0) is 10.4. The third-order valence-corrected chi connectivity index (χ3v) is 2.81. The van der Waals surface area contributed by atoms with E-state index < -0.39 is 0 Å². The predicted molar refractivity (Wildman–Crippen MR) is 60.5 cm³/mol. The van der Waals surface area contributed by atoms with Crippen LogP contribution in [0.3, 0.4) is 0 Å². The first-order valence-electron chi connectivity index (χ1n) is 6.02. The van der Waals surface area contributed by atoms with Gasteiger partial charge in [-0.1, -0.05) is 6.92 Å². The molecule has 1 aliphatic rings. The van der Waals surface area contributed by atoms with E-state index in [-0.39, 0.29) is 0 Å². The first-order chi connectivity index (χ1) is 6.68. The SMILES string of the molecule is CC(C)OCCCN1CCC[C@@H](C)C1. The van der Waals surface area contributed by atoms with Gasteiger partial charge in [0.25, 0.3) is 0 Å². The molecule has 0 aromatic heterocycles. The smallest absolute Gasteiger partial charge is 0.0518 e. The summed E-state index contributed by atoms with van der Waals surface area (Å²) in [6, 6.07) is 0. The summed E-state index contributed by atoms with van der Waals surface area (Å²) in [5, 5.41) is 0. The summed E-state index contributed by atoms with van der Waals surface area (Å²) < 4.78 is 5.53. The van der Waals surface area contributed by atoms with E-state index in [9.17, 15) is 0 Å². The number of ether oxygens (including phenoxy) is 1. The number of hydrogen-bond donors (Lipinski definition) is 0. The van der Waals surface area contributed by atoms with Crippen molar-refractivity contribution < 1.29 is 4.74 Å². The Morgan fingerprint density at radius 3 is 2.86 bits per heavy atom. The van der Waals surface area contributed by atoms with Crippen LogP contribution in [0.2, 0.25) is 0 Å². The van der Waals surface area contributed by atoms with Gasteiger partial charge >= 0.3 is 0 Å². The minimum atomic E-state index is 0.385. The first-order valence-corrected chi connectivity index (χ1v) is 6.02. The van der Waals surface area contributed by atoms with Gasteiger partial charge in [-0.15, -0.1) is 0 Å². The molecule has 2 nitrogen and oxygen atoms in total. The van der Waals surface area contributed by atoms with Crippen LogP contribution in [0.1, 0.15) is 40.0 Å². The molecule has 1 aliphatic heterocycles. The fourth-order valence-corrected chi connectivity index (χ4v) is 2.10. The number of hydrogen-bond acceptors (Lipinski definition) is 2. The van der Waals surface area contributed by atoms with Gasteiger partial charge in [0.15, 0.2) is 0 Å². The van der Waals surface area contributed by atoms with Crippen molar-refractivity contribution in [2.45, 2.75) is 46.1 Å². The van der Waals surface area contributed by atoms with Crippen LogP contribution >= 0.6 is 0 Å². The highest BCUT2D eigenvalue weighted by Crippen LogP contribution is 2.15. The molecule has 84 valence electrons. The molecule has 2 heteroatoms. The molecular weight excluding hydrogens is 174 g/mol. The Hall–Kier alpha value is -0.0800. The van der Waals surface area contributed by atoms with Crippen LogP contribution in [0.15, 0.2) is 0 Å². The summed E-state index contributed by atoms with van der Waals surface area (Å²) in [7, 11) is 0. The fourth-order valence-electron chi connectivity index (χ4n) is 2.10. The molecule has 1 fully saturated rings. The van der Waals surface area contributed by atoms with Crippen LogP contribution in [-0.2, 0) is 4.74 Å². The lowest BCUT2D eigenvalue weighted by atomic mass is 10.0. The van der Waals surface area contributed by atoms with Gasteiger partial charge in [0, 0.05) is 19.7 Å². The third kappa shape index (κ3) is 4.97. The standard InChI is InChI=1S/C12H25NO/c1-11(2)14-9-5-8-13-7-4-6-12(3)10-13/h11-12H,4-10H2,1-3H3/t12-/m1/s1. The van der Waals surface area contributed by atoms with Crippen LogP contribution in [0.4, 0.5) is 0 Å². The molecule has 0 spiro atoms. The molecule has 0 unspecified atom stereocenters. The summed E-state index contributed by atoms with van der Waals surface area (Å²) >= 11 is 0. The Balaban J connectivity index is 2.00. The van der Waals surface area contributed by atoms with Crippen molar-refractivity contribution in [3.05, 3.63) is 0 Å². The van der Waals surface area contributed by atoms with E-state index in [1.165, 1.54) is 38.9 Å². The van der Waals surface area contributed by atoms with E-state index in [0.29, 0.717) is 6.10 Å². The average Bonchev–Trinajstić information content (AvgIpc) is 2.12. The molecule has 1 atom stereocenters. The maximum Gasteiger partial charge on any atom is 0.0518 e. The maximum atomic E-state index is 5.53. The van der Waals surface area contributed by atoms with Gasteiger partial charge in [-0.3, -0.25) is 0 Å². The molecule has 1 saturated heterocycles. The molecule has 0 aliphatic carbocycles.